The van der Waals surface area contributed by atoms with Crippen molar-refractivity contribution in [2.75, 3.05) is 0 Å². The normalized spacial score (nSPS) is 10.2. The molecule has 0 radical (unpaired) electrons. The van der Waals surface area contributed by atoms with Gasteiger partial charge in [0.25, 0.3) is 0 Å². The largest absolute Gasteiger partial charge is 0.333 e. The molecular formula is C16H11FN2. The van der Waals surface area contributed by atoms with Gasteiger partial charge < -0.3 is 4.98 Å². The van der Waals surface area contributed by atoms with Crippen LogP contribution in [0.4, 0.5) is 4.39 Å². The quantitative estimate of drug-likeness (QED) is 0.480. The van der Waals surface area contributed by atoms with E-state index in [2.05, 4.69) is 21.8 Å². The van der Waals surface area contributed by atoms with Crippen molar-refractivity contribution in [3.8, 4) is 11.8 Å². The smallest absolute Gasteiger partial charge is 0.214 e. The van der Waals surface area contributed by atoms with Crippen LogP contribution in [0.1, 0.15) is 16.8 Å². The Morgan fingerprint density at radius 1 is 1.05 bits per heavy atom. The minimum absolute atomic E-state index is 0.493. The molecule has 0 aliphatic carbocycles. The molecular weight excluding hydrogens is 239 g/mol. The fourth-order valence-electron chi connectivity index (χ4n) is 1.83. The van der Waals surface area contributed by atoms with Crippen molar-refractivity contribution >= 4 is 11.0 Å². The zero-order valence-electron chi connectivity index (χ0n) is 10.4. The molecule has 0 aliphatic rings. The van der Waals surface area contributed by atoms with E-state index in [9.17, 15) is 4.39 Å². The van der Waals surface area contributed by atoms with E-state index >= 15 is 0 Å². The first-order chi connectivity index (χ1) is 9.20. The van der Waals surface area contributed by atoms with Crippen LogP contribution in [0.3, 0.4) is 0 Å². The van der Waals surface area contributed by atoms with Crippen LogP contribution in [0, 0.1) is 24.7 Å². The van der Waals surface area contributed by atoms with Gasteiger partial charge >= 0.3 is 0 Å². The van der Waals surface area contributed by atoms with Gasteiger partial charge in [0.1, 0.15) is 5.65 Å². The third-order valence-corrected chi connectivity index (χ3v) is 2.84. The SMILES string of the molecule is Cc1ccc(C#Cc2cc3ccc(F)nc3[nH]2)cc1. The number of nitrogens with zero attached hydrogens (tertiary/aromatic N) is 1. The summed E-state index contributed by atoms with van der Waals surface area (Å²) in [6.45, 7) is 2.04. The molecule has 1 aromatic carbocycles. The number of fused-ring (bicyclic) bond motifs is 1. The Morgan fingerprint density at radius 2 is 1.84 bits per heavy atom. The van der Waals surface area contributed by atoms with E-state index in [1.54, 1.807) is 6.07 Å². The van der Waals surface area contributed by atoms with Gasteiger partial charge in [-0.1, -0.05) is 23.6 Å². The van der Waals surface area contributed by atoms with Gasteiger partial charge in [-0.05, 0) is 43.2 Å². The highest BCUT2D eigenvalue weighted by Gasteiger charge is 2.00. The number of hydrogen-bond donors (Lipinski definition) is 1. The number of pyridine rings is 1. The molecule has 0 bridgehead atoms. The first kappa shape index (κ1) is 11.5. The van der Waals surface area contributed by atoms with Crippen molar-refractivity contribution in [3.63, 3.8) is 0 Å². The van der Waals surface area contributed by atoms with Crippen molar-refractivity contribution in [1.82, 2.24) is 9.97 Å². The Bertz CT molecular complexity index is 789. The summed E-state index contributed by atoms with van der Waals surface area (Å²) in [5, 5.41) is 0.856. The van der Waals surface area contributed by atoms with E-state index in [0.29, 0.717) is 5.65 Å². The number of rotatable bonds is 0. The number of aromatic amines is 1. The van der Waals surface area contributed by atoms with E-state index in [-0.39, 0.29) is 0 Å². The fourth-order valence-corrected chi connectivity index (χ4v) is 1.83. The highest BCUT2D eigenvalue weighted by atomic mass is 19.1. The molecule has 92 valence electrons. The van der Waals surface area contributed by atoms with Crippen LogP contribution in [0.2, 0.25) is 0 Å². The molecule has 2 heterocycles. The predicted molar refractivity (Wildman–Crippen MR) is 73.2 cm³/mol. The van der Waals surface area contributed by atoms with E-state index in [1.165, 1.54) is 11.6 Å². The molecule has 3 aromatic rings. The van der Waals surface area contributed by atoms with Gasteiger partial charge in [-0.25, -0.2) is 4.98 Å². The van der Waals surface area contributed by atoms with Gasteiger partial charge in [0, 0.05) is 10.9 Å². The summed E-state index contributed by atoms with van der Waals surface area (Å²) in [5.74, 6) is 5.59. The number of benzene rings is 1. The van der Waals surface area contributed by atoms with Crippen molar-refractivity contribution < 1.29 is 4.39 Å². The lowest BCUT2D eigenvalue weighted by molar-refractivity contribution is 0.588. The topological polar surface area (TPSA) is 28.7 Å². The third-order valence-electron chi connectivity index (χ3n) is 2.84. The summed E-state index contributed by atoms with van der Waals surface area (Å²) in [4.78, 5) is 6.77. The lowest BCUT2D eigenvalue weighted by atomic mass is 10.1. The summed E-state index contributed by atoms with van der Waals surface area (Å²) in [6, 6.07) is 12.9. The molecule has 1 N–H and O–H groups in total. The molecule has 0 saturated heterocycles. The summed E-state index contributed by atoms with van der Waals surface area (Å²) in [6.07, 6.45) is 0. The Hall–Kier alpha value is -2.60. The molecule has 3 heteroatoms. The highest BCUT2D eigenvalue weighted by molar-refractivity contribution is 5.77. The number of aryl methyl sites for hydroxylation is 1. The molecule has 2 nitrogen and oxygen atoms in total. The van der Waals surface area contributed by atoms with Crippen LogP contribution < -0.4 is 0 Å². The van der Waals surface area contributed by atoms with Crippen LogP contribution in [-0.4, -0.2) is 9.97 Å². The standard InChI is InChI=1S/C16H11FN2/c1-11-2-4-12(5-3-11)6-8-14-10-13-7-9-15(17)19-16(13)18-14/h2-5,7,9-10H,1H3,(H,18,19). The average Bonchev–Trinajstić information content (AvgIpc) is 2.80. The zero-order chi connectivity index (χ0) is 13.2. The van der Waals surface area contributed by atoms with Crippen LogP contribution in [0.5, 0.6) is 0 Å². The van der Waals surface area contributed by atoms with E-state index in [1.807, 2.05) is 37.3 Å². The second kappa shape index (κ2) is 4.58. The fraction of sp³-hybridized carbons (Fsp3) is 0.0625. The summed E-state index contributed by atoms with van der Waals surface area (Å²) in [5.41, 5.74) is 3.40. The van der Waals surface area contributed by atoms with Gasteiger partial charge in [-0.15, -0.1) is 0 Å². The maximum absolute atomic E-state index is 13.0. The minimum atomic E-state index is -0.493. The van der Waals surface area contributed by atoms with Crippen LogP contribution >= 0.6 is 0 Å². The Balaban J connectivity index is 1.95. The van der Waals surface area contributed by atoms with E-state index < -0.39 is 5.95 Å². The van der Waals surface area contributed by atoms with Gasteiger partial charge in [0.2, 0.25) is 5.95 Å². The number of H-pyrrole nitrogens is 1. The molecule has 3 rings (SSSR count). The van der Waals surface area contributed by atoms with Crippen LogP contribution in [0.25, 0.3) is 11.0 Å². The second-order valence-corrected chi connectivity index (χ2v) is 4.37. The van der Waals surface area contributed by atoms with E-state index in [0.717, 1.165) is 16.6 Å². The third kappa shape index (κ3) is 2.48. The molecule has 0 unspecified atom stereocenters. The molecule has 19 heavy (non-hydrogen) atoms. The molecule has 0 aliphatic heterocycles. The van der Waals surface area contributed by atoms with Crippen molar-refractivity contribution in [2.45, 2.75) is 6.92 Å². The number of halogens is 1. The Morgan fingerprint density at radius 3 is 2.63 bits per heavy atom. The lowest BCUT2D eigenvalue weighted by Crippen LogP contribution is -1.81. The van der Waals surface area contributed by atoms with Crippen molar-refractivity contribution in [1.29, 1.82) is 0 Å². The maximum atomic E-state index is 13.0. The molecule has 0 fully saturated rings. The molecule has 0 spiro atoms. The Kier molecular flexibility index (Phi) is 2.77. The molecule has 0 atom stereocenters. The van der Waals surface area contributed by atoms with Crippen molar-refractivity contribution in [2.24, 2.45) is 0 Å². The van der Waals surface area contributed by atoms with Gasteiger partial charge in [0.05, 0.1) is 5.69 Å². The first-order valence-electron chi connectivity index (χ1n) is 5.95. The number of aromatic nitrogens is 2. The monoisotopic (exact) mass is 250 g/mol. The first-order valence-corrected chi connectivity index (χ1v) is 5.95. The van der Waals surface area contributed by atoms with Gasteiger partial charge in [-0.2, -0.15) is 4.39 Å². The maximum Gasteiger partial charge on any atom is 0.214 e. The average molecular weight is 250 g/mol. The molecule has 2 aromatic heterocycles. The number of nitrogens with one attached hydrogen (secondary N) is 1. The predicted octanol–water partition coefficient (Wildman–Crippen LogP) is 3.41. The minimum Gasteiger partial charge on any atom is -0.333 e. The molecule has 0 saturated carbocycles. The van der Waals surface area contributed by atoms with Gasteiger partial charge in [0.15, 0.2) is 0 Å². The Labute approximate surface area is 110 Å². The second-order valence-electron chi connectivity index (χ2n) is 4.37. The van der Waals surface area contributed by atoms with E-state index in [4.69, 9.17) is 0 Å². The molecule has 0 amide bonds. The number of hydrogen-bond acceptors (Lipinski definition) is 1. The summed E-state index contributed by atoms with van der Waals surface area (Å²) in [7, 11) is 0. The van der Waals surface area contributed by atoms with Crippen LogP contribution in [0.15, 0.2) is 42.5 Å². The lowest BCUT2D eigenvalue weighted by Gasteiger charge is -1.90. The van der Waals surface area contributed by atoms with Crippen LogP contribution in [-0.2, 0) is 0 Å². The summed E-state index contributed by atoms with van der Waals surface area (Å²) >= 11 is 0. The van der Waals surface area contributed by atoms with Gasteiger partial charge in [-0.3, -0.25) is 0 Å². The highest BCUT2D eigenvalue weighted by Crippen LogP contribution is 2.13. The van der Waals surface area contributed by atoms with Crippen molar-refractivity contribution in [3.05, 3.63) is 65.2 Å². The zero-order valence-corrected chi connectivity index (χ0v) is 10.4. The summed E-state index contributed by atoms with van der Waals surface area (Å²) < 4.78 is 13.0.